The van der Waals surface area contributed by atoms with E-state index in [0.29, 0.717) is 0 Å². The average molecular weight is 1170 g/mol. The first-order valence-electron chi connectivity index (χ1n) is 33.4. The van der Waals surface area contributed by atoms with Gasteiger partial charge in [-0.05, 0) is 255 Å². The first kappa shape index (κ1) is 58.6. The van der Waals surface area contributed by atoms with Gasteiger partial charge in [-0.2, -0.15) is 0 Å². The summed E-state index contributed by atoms with van der Waals surface area (Å²) < 4.78 is 2.77. The lowest BCUT2D eigenvalue weighted by molar-refractivity contribution is 0.332. The topological polar surface area (TPSA) is 18.5 Å². The number of nitrogens with one attached hydrogen (secondary N) is 1. The monoisotopic (exact) mass is 1170 g/mol. The third kappa shape index (κ3) is 9.91. The molecule has 0 saturated carbocycles. The van der Waals surface area contributed by atoms with Crippen LogP contribution in [-0.2, 0) is 38.9 Å². The van der Waals surface area contributed by atoms with Gasteiger partial charge in [-0.3, -0.25) is 0 Å². The van der Waals surface area contributed by atoms with Crippen LogP contribution in [0.3, 0.4) is 0 Å². The van der Waals surface area contributed by atoms with Crippen molar-refractivity contribution in [1.82, 2.24) is 0 Å². The van der Waals surface area contributed by atoms with E-state index in [9.17, 15) is 0 Å². The van der Waals surface area contributed by atoms with Crippen LogP contribution in [0, 0.1) is 13.8 Å². The normalized spacial score (nSPS) is 18.0. The molecular formula is C83H92BN3S. The summed E-state index contributed by atoms with van der Waals surface area (Å²) in [5.41, 5.74) is 28.2. The molecule has 9 aromatic carbocycles. The smallest absolute Gasteiger partial charge is 0.198 e. The van der Waals surface area contributed by atoms with Crippen molar-refractivity contribution < 1.29 is 0 Å². The van der Waals surface area contributed by atoms with Gasteiger partial charge in [0.2, 0.25) is 0 Å². The molecule has 0 fully saturated rings. The molecule has 14 rings (SSSR count). The van der Waals surface area contributed by atoms with Crippen molar-refractivity contribution in [2.45, 2.75) is 201 Å². The second kappa shape index (κ2) is 21.0. The molecule has 0 radical (unpaired) electrons. The number of fused-ring (bicyclic) bond motifs is 9. The van der Waals surface area contributed by atoms with Gasteiger partial charge in [0.1, 0.15) is 0 Å². The number of nitrogens with zero attached hydrogens (tertiary/aromatic N) is 2. The lowest BCUT2D eigenvalue weighted by atomic mass is 9.57. The molecule has 2 heterocycles. The van der Waals surface area contributed by atoms with Crippen LogP contribution in [0.5, 0.6) is 0 Å². The van der Waals surface area contributed by atoms with E-state index in [1.807, 2.05) is 11.3 Å². The summed E-state index contributed by atoms with van der Waals surface area (Å²) in [6.07, 6.45) is 11.9. The second-order valence-electron chi connectivity index (χ2n) is 31.4. The van der Waals surface area contributed by atoms with Gasteiger partial charge < -0.3 is 15.1 Å². The van der Waals surface area contributed by atoms with Crippen LogP contribution in [0.4, 0.5) is 45.5 Å². The molecule has 10 aromatic rings. The Morgan fingerprint density at radius 3 is 1.69 bits per heavy atom. The number of hydrogen-bond donors (Lipinski definition) is 1. The summed E-state index contributed by atoms with van der Waals surface area (Å²) in [7, 11) is 0.789. The van der Waals surface area contributed by atoms with E-state index >= 15 is 0 Å². The van der Waals surface area contributed by atoms with Gasteiger partial charge >= 0.3 is 0 Å². The molecule has 88 heavy (non-hydrogen) atoms. The zero-order chi connectivity index (χ0) is 61.6. The Labute approximate surface area is 531 Å². The van der Waals surface area contributed by atoms with Crippen molar-refractivity contribution >= 4 is 106 Å². The van der Waals surface area contributed by atoms with Gasteiger partial charge in [-0.1, -0.05) is 175 Å². The first-order valence-corrected chi connectivity index (χ1v) is 34.2. The zero-order valence-corrected chi connectivity index (χ0v) is 56.3. The fourth-order valence-electron chi connectivity index (χ4n) is 16.2. The molecule has 1 aliphatic heterocycles. The standard InChI is InChI=1S/C83H92BN3S/c1-16-17-18-21-53-26-31-57(32-27-53)86(56-29-24-51(2)25-30-56)58-33-35-70(85-55-28-34-63-65(44-55)80(8,9)37-36-78(63,4)5)62(45-58)76-59-23-20-19-22-54(59)43-73-77(76)84-69-50-75-61(60-46-66-68(49-74(60)88-75)83(14,15)41-39-81(66,10)11)47-72(69)87(73)71-48-67-64(42-52(71)3)79(6,7)38-40-82(67,12)13/h19-20,22-35,42-50,84-85H,16-18,21,36-41H2,1-15H3. The average Bonchev–Trinajstić information content (AvgIpc) is 1.13. The minimum atomic E-state index is 0.0256. The van der Waals surface area contributed by atoms with Crippen LogP contribution in [0.2, 0.25) is 0 Å². The lowest BCUT2D eigenvalue weighted by Crippen LogP contribution is -2.41. The summed E-state index contributed by atoms with van der Waals surface area (Å²) in [4.78, 5) is 5.22. The predicted molar refractivity (Wildman–Crippen MR) is 386 cm³/mol. The molecule has 0 amide bonds. The minimum absolute atomic E-state index is 0.0256. The lowest BCUT2D eigenvalue weighted by Gasteiger charge is -2.44. The van der Waals surface area contributed by atoms with E-state index in [4.69, 9.17) is 0 Å². The Morgan fingerprint density at radius 2 is 1.03 bits per heavy atom. The molecule has 4 aliphatic rings. The first-order chi connectivity index (χ1) is 41.8. The van der Waals surface area contributed by atoms with E-state index in [1.165, 1.54) is 165 Å². The fraction of sp³-hybridized carbons (Fsp3) is 0.373. The number of benzene rings is 9. The molecule has 0 saturated heterocycles. The van der Waals surface area contributed by atoms with Gasteiger partial charge in [0, 0.05) is 71.2 Å². The van der Waals surface area contributed by atoms with Crippen LogP contribution in [0.1, 0.15) is 198 Å². The molecule has 3 aliphatic carbocycles. The Balaban J connectivity index is 1.05. The van der Waals surface area contributed by atoms with Crippen molar-refractivity contribution in [3.8, 4) is 11.1 Å². The summed E-state index contributed by atoms with van der Waals surface area (Å²) in [6.45, 7) is 36.4. The van der Waals surface area contributed by atoms with Crippen molar-refractivity contribution in [2.75, 3.05) is 15.1 Å². The maximum Gasteiger partial charge on any atom is 0.198 e. The number of rotatable bonds is 11. The van der Waals surface area contributed by atoms with Crippen LogP contribution in [0.15, 0.2) is 152 Å². The molecule has 3 nitrogen and oxygen atoms in total. The fourth-order valence-corrected chi connectivity index (χ4v) is 17.4. The molecule has 5 heteroatoms. The summed E-state index contributed by atoms with van der Waals surface area (Å²) >= 11 is 2.00. The molecule has 0 spiro atoms. The molecular weight excluding hydrogens is 1080 g/mol. The highest BCUT2D eigenvalue weighted by Gasteiger charge is 2.42. The molecule has 1 aromatic heterocycles. The van der Waals surface area contributed by atoms with Crippen molar-refractivity contribution in [2.24, 2.45) is 0 Å². The molecule has 0 unspecified atom stereocenters. The van der Waals surface area contributed by atoms with Gasteiger partial charge in [-0.25, -0.2) is 0 Å². The van der Waals surface area contributed by atoms with E-state index in [2.05, 4.69) is 271 Å². The van der Waals surface area contributed by atoms with Crippen molar-refractivity contribution in [1.29, 1.82) is 0 Å². The van der Waals surface area contributed by atoms with Crippen LogP contribution >= 0.6 is 11.3 Å². The van der Waals surface area contributed by atoms with E-state index in [1.54, 1.807) is 0 Å². The van der Waals surface area contributed by atoms with Crippen LogP contribution in [-0.4, -0.2) is 7.28 Å². The maximum absolute atomic E-state index is 4.21. The van der Waals surface area contributed by atoms with E-state index in [0.717, 1.165) is 55.0 Å². The van der Waals surface area contributed by atoms with Crippen molar-refractivity contribution in [3.63, 3.8) is 0 Å². The highest BCUT2D eigenvalue weighted by molar-refractivity contribution is 7.26. The number of anilines is 8. The van der Waals surface area contributed by atoms with Crippen LogP contribution < -0.4 is 26.0 Å². The molecule has 0 atom stereocenters. The van der Waals surface area contributed by atoms with Crippen molar-refractivity contribution in [3.05, 3.63) is 202 Å². The number of hydrogen-bond acceptors (Lipinski definition) is 4. The largest absolute Gasteiger partial charge is 0.355 e. The maximum atomic E-state index is 4.21. The van der Waals surface area contributed by atoms with Crippen LogP contribution in [0.25, 0.3) is 42.1 Å². The third-order valence-corrected chi connectivity index (χ3v) is 23.4. The number of thiophene rings is 1. The summed E-state index contributed by atoms with van der Waals surface area (Å²) in [5.74, 6) is 0. The second-order valence-corrected chi connectivity index (χ2v) is 32.4. The van der Waals surface area contributed by atoms with Gasteiger partial charge in [0.25, 0.3) is 0 Å². The Kier molecular flexibility index (Phi) is 14.0. The molecule has 448 valence electrons. The predicted octanol–water partition coefficient (Wildman–Crippen LogP) is 22.7. The Morgan fingerprint density at radius 1 is 0.477 bits per heavy atom. The highest BCUT2D eigenvalue weighted by atomic mass is 32.1. The summed E-state index contributed by atoms with van der Waals surface area (Å²) in [6, 6.07) is 60.6. The Bertz CT molecular complexity index is 4430. The highest BCUT2D eigenvalue weighted by Crippen LogP contribution is 2.54. The van der Waals surface area contributed by atoms with Gasteiger partial charge in [-0.15, -0.1) is 11.3 Å². The van der Waals surface area contributed by atoms with Gasteiger partial charge in [0.15, 0.2) is 7.28 Å². The number of unbranched alkanes of at least 4 members (excludes halogenated alkanes) is 2. The minimum Gasteiger partial charge on any atom is -0.355 e. The molecule has 1 N–H and O–H groups in total. The van der Waals surface area contributed by atoms with E-state index in [-0.39, 0.29) is 32.5 Å². The Hall–Kier alpha value is -7.08. The zero-order valence-electron chi connectivity index (χ0n) is 55.5. The van der Waals surface area contributed by atoms with E-state index < -0.39 is 0 Å². The van der Waals surface area contributed by atoms with Gasteiger partial charge in [0.05, 0.1) is 0 Å². The third-order valence-electron chi connectivity index (χ3n) is 22.3. The quantitative estimate of drug-likeness (QED) is 0.103. The summed E-state index contributed by atoms with van der Waals surface area (Å²) in [5, 5.41) is 9.48. The number of aryl methyl sites for hydroxylation is 3. The molecule has 0 bridgehead atoms. The SMILES string of the molecule is CCCCCc1ccc(N(c2ccc(C)cc2)c2ccc(Nc3ccc4c(c3)C(C)(C)CCC4(C)C)c(-c3c4c(cc5ccccc35)N(c3cc5c(cc3C)C(C)(C)CCC5(C)C)c3cc5c(cc3B4)sc3cc4c(cc35)C(C)(C)CCC4(C)C)c2)cc1.